The van der Waals surface area contributed by atoms with Gasteiger partial charge in [-0.3, -0.25) is 14.7 Å². The van der Waals surface area contributed by atoms with Gasteiger partial charge in [0.05, 0.1) is 12.1 Å². The molecule has 1 aliphatic heterocycles. The molecular formula is C17H22N6O2. The number of rotatable bonds is 2. The molecule has 0 aromatic carbocycles. The lowest BCUT2D eigenvalue weighted by molar-refractivity contribution is -0.132. The standard InChI is InChI=1S/C17H22N6O2/c1-10-12(15(25)22-21-10)7-13(24)23-6-2-4-17(9-23)5-3-11-8-19-16(18)20-14(11)17/h8H,2-7,9H2,1H3,(H2,18,19,20)(H2,21,22,25). The fraction of sp³-hybridized carbons (Fsp3) is 0.529. The van der Waals surface area contributed by atoms with Crippen LogP contribution in [0.2, 0.25) is 0 Å². The van der Waals surface area contributed by atoms with Gasteiger partial charge in [0.15, 0.2) is 0 Å². The summed E-state index contributed by atoms with van der Waals surface area (Å²) in [7, 11) is 0. The molecule has 1 spiro atoms. The maximum absolute atomic E-state index is 12.8. The van der Waals surface area contributed by atoms with Crippen LogP contribution in [-0.2, 0) is 23.1 Å². The van der Waals surface area contributed by atoms with Crippen LogP contribution in [0, 0.1) is 6.92 Å². The minimum absolute atomic E-state index is 0.0113. The Labute approximate surface area is 144 Å². The molecule has 1 unspecified atom stereocenters. The van der Waals surface area contributed by atoms with Crippen LogP contribution in [0.15, 0.2) is 11.0 Å². The molecule has 3 heterocycles. The van der Waals surface area contributed by atoms with Crippen molar-refractivity contribution in [3.05, 3.63) is 39.1 Å². The molecule has 1 atom stereocenters. The number of carbonyl (C=O) groups excluding carboxylic acids is 1. The van der Waals surface area contributed by atoms with Gasteiger partial charge in [-0.15, -0.1) is 0 Å². The molecule has 1 fully saturated rings. The first-order valence-electron chi connectivity index (χ1n) is 8.64. The lowest BCUT2D eigenvalue weighted by atomic mass is 9.77. The van der Waals surface area contributed by atoms with Gasteiger partial charge in [0.1, 0.15) is 0 Å². The normalized spacial score (nSPS) is 22.4. The first kappa shape index (κ1) is 15.9. The number of nitrogens with zero attached hydrogens (tertiary/aromatic N) is 3. The molecule has 0 bridgehead atoms. The number of nitrogens with one attached hydrogen (secondary N) is 2. The van der Waals surface area contributed by atoms with Crippen molar-refractivity contribution >= 4 is 11.9 Å². The summed E-state index contributed by atoms with van der Waals surface area (Å²) in [6, 6.07) is 0. The number of aromatic amines is 2. The van der Waals surface area contributed by atoms with Gasteiger partial charge in [0, 0.05) is 36.0 Å². The van der Waals surface area contributed by atoms with Gasteiger partial charge in [0.25, 0.3) is 5.56 Å². The molecule has 1 saturated heterocycles. The Kier molecular flexibility index (Phi) is 3.63. The smallest absolute Gasteiger partial charge is 0.267 e. The van der Waals surface area contributed by atoms with Crippen LogP contribution in [0.4, 0.5) is 5.95 Å². The largest absolute Gasteiger partial charge is 0.368 e. The van der Waals surface area contributed by atoms with E-state index in [0.717, 1.165) is 49.2 Å². The number of aromatic nitrogens is 4. The molecule has 4 N–H and O–H groups in total. The Morgan fingerprint density at radius 3 is 3.00 bits per heavy atom. The molecule has 132 valence electrons. The number of hydrogen-bond acceptors (Lipinski definition) is 5. The first-order chi connectivity index (χ1) is 12.0. The van der Waals surface area contributed by atoms with E-state index in [1.54, 1.807) is 6.92 Å². The Hall–Kier alpha value is -2.64. The highest BCUT2D eigenvalue weighted by molar-refractivity contribution is 5.79. The summed E-state index contributed by atoms with van der Waals surface area (Å²) in [5.41, 5.74) is 8.83. The summed E-state index contributed by atoms with van der Waals surface area (Å²) in [5, 5.41) is 5.30. The van der Waals surface area contributed by atoms with Crippen LogP contribution < -0.4 is 11.3 Å². The zero-order valence-electron chi connectivity index (χ0n) is 14.3. The maximum atomic E-state index is 12.8. The van der Waals surface area contributed by atoms with Gasteiger partial charge in [-0.05, 0) is 38.2 Å². The molecule has 4 rings (SSSR count). The third-order valence-corrected chi connectivity index (χ3v) is 5.61. The quantitative estimate of drug-likeness (QED) is 0.731. The van der Waals surface area contributed by atoms with Gasteiger partial charge < -0.3 is 15.7 Å². The lowest BCUT2D eigenvalue weighted by Gasteiger charge is -2.40. The number of nitrogen functional groups attached to an aromatic ring is 1. The van der Waals surface area contributed by atoms with Crippen molar-refractivity contribution in [2.24, 2.45) is 0 Å². The van der Waals surface area contributed by atoms with E-state index in [1.807, 2.05) is 11.1 Å². The van der Waals surface area contributed by atoms with E-state index < -0.39 is 0 Å². The second-order valence-corrected chi connectivity index (χ2v) is 7.16. The van der Waals surface area contributed by atoms with Crippen molar-refractivity contribution in [3.8, 4) is 0 Å². The fourth-order valence-electron chi connectivity index (χ4n) is 4.24. The van der Waals surface area contributed by atoms with E-state index in [2.05, 4.69) is 20.2 Å². The highest BCUT2D eigenvalue weighted by Gasteiger charge is 2.44. The minimum atomic E-state index is -0.218. The van der Waals surface area contributed by atoms with Crippen LogP contribution in [0.5, 0.6) is 0 Å². The molecule has 0 saturated carbocycles. The van der Waals surface area contributed by atoms with Crippen LogP contribution in [0.25, 0.3) is 0 Å². The van der Waals surface area contributed by atoms with Crippen molar-refractivity contribution in [1.82, 2.24) is 25.1 Å². The number of piperidine rings is 1. The predicted molar refractivity (Wildman–Crippen MR) is 92.1 cm³/mol. The Morgan fingerprint density at radius 2 is 2.24 bits per heavy atom. The molecule has 1 amide bonds. The van der Waals surface area contributed by atoms with Crippen LogP contribution in [0.3, 0.4) is 0 Å². The summed E-state index contributed by atoms with van der Waals surface area (Å²) >= 11 is 0. The number of likely N-dealkylation sites (tertiary alicyclic amines) is 1. The third-order valence-electron chi connectivity index (χ3n) is 5.61. The number of anilines is 1. The van der Waals surface area contributed by atoms with Crippen LogP contribution >= 0.6 is 0 Å². The summed E-state index contributed by atoms with van der Waals surface area (Å²) in [5.74, 6) is 0.278. The highest BCUT2D eigenvalue weighted by atomic mass is 16.2. The van der Waals surface area contributed by atoms with Gasteiger partial charge >= 0.3 is 0 Å². The number of hydrogen-bond donors (Lipinski definition) is 3. The minimum Gasteiger partial charge on any atom is -0.368 e. The summed E-state index contributed by atoms with van der Waals surface area (Å²) < 4.78 is 0. The van der Waals surface area contributed by atoms with Gasteiger partial charge in [0.2, 0.25) is 11.9 Å². The molecule has 1 aliphatic carbocycles. The fourth-order valence-corrected chi connectivity index (χ4v) is 4.24. The van der Waals surface area contributed by atoms with E-state index in [0.29, 0.717) is 12.1 Å². The topological polar surface area (TPSA) is 121 Å². The average molecular weight is 342 g/mol. The van der Waals surface area contributed by atoms with E-state index in [1.165, 1.54) is 0 Å². The molecular weight excluding hydrogens is 320 g/mol. The van der Waals surface area contributed by atoms with Crippen molar-refractivity contribution in [2.45, 2.75) is 44.4 Å². The van der Waals surface area contributed by atoms with E-state index in [9.17, 15) is 9.59 Å². The average Bonchev–Trinajstić information content (AvgIpc) is 3.10. The Morgan fingerprint density at radius 1 is 1.40 bits per heavy atom. The number of H-pyrrole nitrogens is 2. The SMILES string of the molecule is Cc1[nH][nH]c(=O)c1CC(=O)N1CCCC2(CCc3cnc(N)nc32)C1. The lowest BCUT2D eigenvalue weighted by Crippen LogP contribution is -2.48. The van der Waals surface area contributed by atoms with E-state index in [-0.39, 0.29) is 29.3 Å². The van der Waals surface area contributed by atoms with Crippen molar-refractivity contribution < 1.29 is 4.79 Å². The second-order valence-electron chi connectivity index (χ2n) is 7.16. The first-order valence-corrected chi connectivity index (χ1v) is 8.64. The number of nitrogens with two attached hydrogens (primary N) is 1. The summed E-state index contributed by atoms with van der Waals surface area (Å²) in [6.07, 6.45) is 5.76. The zero-order valence-corrected chi connectivity index (χ0v) is 14.3. The second kappa shape index (κ2) is 5.72. The van der Waals surface area contributed by atoms with Crippen LogP contribution in [-0.4, -0.2) is 44.1 Å². The van der Waals surface area contributed by atoms with Gasteiger partial charge in [-0.1, -0.05) is 0 Å². The highest BCUT2D eigenvalue weighted by Crippen LogP contribution is 2.44. The van der Waals surface area contributed by atoms with Crippen molar-refractivity contribution in [3.63, 3.8) is 0 Å². The molecule has 2 aromatic heterocycles. The monoisotopic (exact) mass is 342 g/mol. The number of carbonyl (C=O) groups is 1. The number of aryl methyl sites for hydroxylation is 2. The third kappa shape index (κ3) is 2.61. The molecule has 25 heavy (non-hydrogen) atoms. The van der Waals surface area contributed by atoms with Gasteiger partial charge in [-0.2, -0.15) is 0 Å². The molecule has 0 radical (unpaired) electrons. The number of fused-ring (bicyclic) bond motifs is 2. The Bertz CT molecular complexity index is 882. The molecule has 2 aliphatic rings. The van der Waals surface area contributed by atoms with Crippen molar-refractivity contribution in [1.29, 1.82) is 0 Å². The zero-order chi connectivity index (χ0) is 17.6. The van der Waals surface area contributed by atoms with E-state index >= 15 is 0 Å². The summed E-state index contributed by atoms with van der Waals surface area (Å²) in [4.78, 5) is 35.1. The maximum Gasteiger partial charge on any atom is 0.267 e. The Balaban J connectivity index is 1.57. The molecule has 8 nitrogen and oxygen atoms in total. The molecule has 8 heteroatoms. The number of amides is 1. The van der Waals surface area contributed by atoms with Crippen molar-refractivity contribution in [2.75, 3.05) is 18.8 Å². The predicted octanol–water partition coefficient (Wildman–Crippen LogP) is 0.433. The summed E-state index contributed by atoms with van der Waals surface area (Å²) in [6.45, 7) is 3.15. The van der Waals surface area contributed by atoms with Gasteiger partial charge in [-0.25, -0.2) is 9.97 Å². The van der Waals surface area contributed by atoms with E-state index in [4.69, 9.17) is 5.73 Å². The van der Waals surface area contributed by atoms with Crippen LogP contribution in [0.1, 0.15) is 41.8 Å². The molecule has 2 aromatic rings.